The second-order valence-electron chi connectivity index (χ2n) is 8.68. The fourth-order valence-corrected chi connectivity index (χ4v) is 4.67. The highest BCUT2D eigenvalue weighted by atomic mass is 16.2. The maximum atomic E-state index is 13.3. The van der Waals surface area contributed by atoms with Crippen molar-refractivity contribution in [2.45, 2.75) is 19.8 Å². The van der Waals surface area contributed by atoms with Gasteiger partial charge in [-0.3, -0.25) is 4.79 Å². The van der Waals surface area contributed by atoms with Crippen LogP contribution in [0.15, 0.2) is 54.9 Å². The van der Waals surface area contributed by atoms with Crippen LogP contribution >= 0.6 is 0 Å². The van der Waals surface area contributed by atoms with E-state index in [0.717, 1.165) is 80.1 Å². The van der Waals surface area contributed by atoms with E-state index in [-0.39, 0.29) is 5.91 Å². The van der Waals surface area contributed by atoms with Gasteiger partial charge >= 0.3 is 0 Å². The van der Waals surface area contributed by atoms with Crippen molar-refractivity contribution >= 4 is 28.3 Å². The zero-order valence-corrected chi connectivity index (χ0v) is 18.1. The molecule has 3 aromatic rings. The molecule has 0 radical (unpaired) electrons. The fourth-order valence-electron chi connectivity index (χ4n) is 4.67. The molecule has 0 atom stereocenters. The Morgan fingerprint density at radius 2 is 1.52 bits per heavy atom. The Labute approximate surface area is 183 Å². The summed E-state index contributed by atoms with van der Waals surface area (Å²) in [5.74, 6) is 2.81. The van der Waals surface area contributed by atoms with Crippen LogP contribution in [0.3, 0.4) is 0 Å². The van der Waals surface area contributed by atoms with Gasteiger partial charge in [-0.25, -0.2) is 9.97 Å². The molecule has 160 valence electrons. The van der Waals surface area contributed by atoms with Gasteiger partial charge in [-0.1, -0.05) is 37.3 Å². The summed E-state index contributed by atoms with van der Waals surface area (Å²) in [5, 5.41) is 2.06. The number of hydrogen-bond acceptors (Lipinski definition) is 5. The smallest absolute Gasteiger partial charge is 0.256 e. The number of piperidine rings is 1. The molecule has 0 saturated carbocycles. The highest BCUT2D eigenvalue weighted by Gasteiger charge is 2.25. The van der Waals surface area contributed by atoms with Crippen molar-refractivity contribution in [3.63, 3.8) is 0 Å². The molecule has 1 amide bonds. The van der Waals surface area contributed by atoms with E-state index >= 15 is 0 Å². The van der Waals surface area contributed by atoms with Gasteiger partial charge in [0.05, 0.1) is 5.56 Å². The zero-order chi connectivity index (χ0) is 21.2. The average Bonchev–Trinajstić information content (AvgIpc) is 2.84. The molecule has 31 heavy (non-hydrogen) atoms. The Bertz CT molecular complexity index is 1050. The van der Waals surface area contributed by atoms with E-state index < -0.39 is 0 Å². The van der Waals surface area contributed by atoms with Crippen LogP contribution in [0.4, 0.5) is 11.6 Å². The summed E-state index contributed by atoms with van der Waals surface area (Å²) < 4.78 is 0. The SMILES string of the molecule is CC1CCN(C(=O)c2cnc(N3CCN(c4ccccn4)CC3)c3ccccc23)CC1. The molecule has 1 aromatic carbocycles. The lowest BCUT2D eigenvalue weighted by Crippen LogP contribution is -2.47. The van der Waals surface area contributed by atoms with Crippen molar-refractivity contribution in [2.75, 3.05) is 49.1 Å². The van der Waals surface area contributed by atoms with Crippen molar-refractivity contribution in [1.29, 1.82) is 0 Å². The fraction of sp³-hybridized carbons (Fsp3) is 0.400. The number of benzene rings is 1. The van der Waals surface area contributed by atoms with Crippen LogP contribution in [0, 0.1) is 5.92 Å². The number of hydrogen-bond donors (Lipinski definition) is 0. The maximum Gasteiger partial charge on any atom is 0.256 e. The van der Waals surface area contributed by atoms with Gasteiger partial charge in [0, 0.05) is 57.0 Å². The van der Waals surface area contributed by atoms with Crippen molar-refractivity contribution in [1.82, 2.24) is 14.9 Å². The first-order valence-corrected chi connectivity index (χ1v) is 11.3. The third kappa shape index (κ3) is 3.94. The minimum atomic E-state index is 0.113. The standard InChI is InChI=1S/C25H29N5O/c1-19-9-12-30(13-10-19)25(31)22-18-27-24(21-7-3-2-6-20(21)22)29-16-14-28(15-17-29)23-8-4-5-11-26-23/h2-8,11,18-19H,9-10,12-17H2,1H3. The summed E-state index contributed by atoms with van der Waals surface area (Å²) in [6.07, 6.45) is 5.80. The third-order valence-electron chi connectivity index (χ3n) is 6.63. The quantitative estimate of drug-likeness (QED) is 0.651. The Morgan fingerprint density at radius 1 is 0.839 bits per heavy atom. The first-order chi connectivity index (χ1) is 15.2. The predicted octanol–water partition coefficient (Wildman–Crippen LogP) is 3.83. The molecule has 2 aromatic heterocycles. The minimum Gasteiger partial charge on any atom is -0.353 e. The van der Waals surface area contributed by atoms with Gasteiger partial charge in [-0.15, -0.1) is 0 Å². The van der Waals surface area contributed by atoms with E-state index in [2.05, 4.69) is 39.9 Å². The molecule has 5 rings (SSSR count). The number of anilines is 2. The lowest BCUT2D eigenvalue weighted by molar-refractivity contribution is 0.0699. The van der Waals surface area contributed by atoms with E-state index in [0.29, 0.717) is 5.92 Å². The Kier molecular flexibility index (Phi) is 5.45. The number of piperazine rings is 1. The first-order valence-electron chi connectivity index (χ1n) is 11.3. The predicted molar refractivity (Wildman–Crippen MR) is 125 cm³/mol. The molecular formula is C25H29N5O. The highest BCUT2D eigenvalue weighted by Crippen LogP contribution is 2.30. The number of pyridine rings is 2. The normalized spacial score (nSPS) is 17.9. The van der Waals surface area contributed by atoms with E-state index in [1.807, 2.05) is 35.4 Å². The summed E-state index contributed by atoms with van der Waals surface area (Å²) in [6.45, 7) is 7.51. The van der Waals surface area contributed by atoms with Gasteiger partial charge in [0.1, 0.15) is 11.6 Å². The molecule has 0 aliphatic carbocycles. The van der Waals surface area contributed by atoms with Crippen LogP contribution in [-0.4, -0.2) is 60.0 Å². The number of amides is 1. The average molecular weight is 416 g/mol. The summed E-state index contributed by atoms with van der Waals surface area (Å²) in [7, 11) is 0. The van der Waals surface area contributed by atoms with Gasteiger partial charge in [-0.05, 0) is 36.3 Å². The lowest BCUT2D eigenvalue weighted by atomic mass is 9.98. The van der Waals surface area contributed by atoms with E-state index in [1.165, 1.54) is 0 Å². The lowest BCUT2D eigenvalue weighted by Gasteiger charge is -2.36. The zero-order valence-electron chi connectivity index (χ0n) is 18.1. The number of likely N-dealkylation sites (tertiary alicyclic amines) is 1. The first kappa shape index (κ1) is 19.8. The topological polar surface area (TPSA) is 52.6 Å². The van der Waals surface area contributed by atoms with Crippen molar-refractivity contribution in [2.24, 2.45) is 5.92 Å². The van der Waals surface area contributed by atoms with Gasteiger partial charge in [-0.2, -0.15) is 0 Å². The number of fused-ring (bicyclic) bond motifs is 1. The molecular weight excluding hydrogens is 386 g/mol. The minimum absolute atomic E-state index is 0.113. The third-order valence-corrected chi connectivity index (χ3v) is 6.63. The van der Waals surface area contributed by atoms with Crippen LogP contribution in [0.5, 0.6) is 0 Å². The number of aromatic nitrogens is 2. The van der Waals surface area contributed by atoms with E-state index in [1.54, 1.807) is 6.20 Å². The number of carbonyl (C=O) groups is 1. The van der Waals surface area contributed by atoms with Crippen molar-refractivity contribution < 1.29 is 4.79 Å². The summed E-state index contributed by atoms with van der Waals surface area (Å²) in [4.78, 5) is 29.2. The van der Waals surface area contributed by atoms with Crippen LogP contribution < -0.4 is 9.80 Å². The molecule has 6 nitrogen and oxygen atoms in total. The van der Waals surface area contributed by atoms with Crippen LogP contribution in [-0.2, 0) is 0 Å². The molecule has 0 spiro atoms. The highest BCUT2D eigenvalue weighted by molar-refractivity contribution is 6.09. The van der Waals surface area contributed by atoms with E-state index in [4.69, 9.17) is 4.98 Å². The second kappa shape index (κ2) is 8.53. The van der Waals surface area contributed by atoms with Crippen LogP contribution in [0.25, 0.3) is 10.8 Å². The molecule has 6 heteroatoms. The largest absolute Gasteiger partial charge is 0.353 e. The monoisotopic (exact) mass is 415 g/mol. The molecule has 2 saturated heterocycles. The Balaban J connectivity index is 1.39. The maximum absolute atomic E-state index is 13.3. The second-order valence-corrected chi connectivity index (χ2v) is 8.68. The van der Waals surface area contributed by atoms with Crippen LogP contribution in [0.2, 0.25) is 0 Å². The molecule has 2 aliphatic rings. The van der Waals surface area contributed by atoms with Crippen molar-refractivity contribution in [3.8, 4) is 0 Å². The van der Waals surface area contributed by atoms with Gasteiger partial charge in [0.2, 0.25) is 0 Å². The number of nitrogens with zero attached hydrogens (tertiary/aromatic N) is 5. The summed E-state index contributed by atoms with van der Waals surface area (Å²) in [6, 6.07) is 14.2. The van der Waals surface area contributed by atoms with Crippen molar-refractivity contribution in [3.05, 3.63) is 60.4 Å². The Morgan fingerprint density at radius 3 is 2.23 bits per heavy atom. The molecule has 2 aliphatic heterocycles. The van der Waals surface area contributed by atoms with Gasteiger partial charge in [0.25, 0.3) is 5.91 Å². The summed E-state index contributed by atoms with van der Waals surface area (Å²) in [5.41, 5.74) is 0.723. The van der Waals surface area contributed by atoms with Crippen LogP contribution in [0.1, 0.15) is 30.1 Å². The van der Waals surface area contributed by atoms with E-state index in [9.17, 15) is 4.79 Å². The number of carbonyl (C=O) groups excluding carboxylic acids is 1. The molecule has 4 heterocycles. The van der Waals surface area contributed by atoms with Gasteiger partial charge < -0.3 is 14.7 Å². The molecule has 2 fully saturated rings. The molecule has 0 bridgehead atoms. The summed E-state index contributed by atoms with van der Waals surface area (Å²) >= 11 is 0. The number of rotatable bonds is 3. The Hall–Kier alpha value is -3.15. The molecule has 0 unspecified atom stereocenters. The molecule has 0 N–H and O–H groups in total. The van der Waals surface area contributed by atoms with Gasteiger partial charge in [0.15, 0.2) is 0 Å².